The molecule has 1 aromatic carbocycles. The number of benzene rings is 1. The van der Waals surface area contributed by atoms with Crippen molar-refractivity contribution >= 4 is 12.0 Å². The van der Waals surface area contributed by atoms with E-state index in [1.54, 1.807) is 6.20 Å². The predicted molar refractivity (Wildman–Crippen MR) is 78.4 cm³/mol. The van der Waals surface area contributed by atoms with Gasteiger partial charge in [-0.2, -0.15) is 0 Å². The Labute approximate surface area is 114 Å². The number of hydrogen-bond donors (Lipinski definition) is 0. The Bertz CT molecular complexity index is 547. The third kappa shape index (κ3) is 3.91. The van der Waals surface area contributed by atoms with Crippen LogP contribution in [0.2, 0.25) is 0 Å². The number of aromatic nitrogens is 1. The van der Waals surface area contributed by atoms with Crippen LogP contribution in [0.4, 0.5) is 5.82 Å². The molecule has 0 aliphatic heterocycles. The molecule has 0 radical (unpaired) electrons. The summed E-state index contributed by atoms with van der Waals surface area (Å²) < 4.78 is 5.41. The molecular weight excluding hydrogens is 236 g/mol. The first-order valence-corrected chi connectivity index (χ1v) is 6.45. The van der Waals surface area contributed by atoms with E-state index in [0.29, 0.717) is 6.61 Å². The highest BCUT2D eigenvalue weighted by Gasteiger charge is 1.95. The normalized spacial score (nSPS) is 10.8. The molecule has 0 aliphatic rings. The second-order valence-electron chi connectivity index (χ2n) is 4.24. The molecule has 0 unspecified atom stereocenters. The number of nitrogens with zero attached hydrogens (tertiary/aromatic N) is 2. The third-order valence-corrected chi connectivity index (χ3v) is 2.76. The van der Waals surface area contributed by atoms with E-state index in [1.807, 2.05) is 44.3 Å². The minimum Gasteiger partial charge on any atom is -0.494 e. The van der Waals surface area contributed by atoms with Crippen LogP contribution in [0.15, 0.2) is 47.6 Å². The molecule has 0 bridgehead atoms. The quantitative estimate of drug-likeness (QED) is 0.762. The Kier molecular flexibility index (Phi) is 4.67. The van der Waals surface area contributed by atoms with Gasteiger partial charge in [0.25, 0.3) is 0 Å². The van der Waals surface area contributed by atoms with Gasteiger partial charge in [-0.3, -0.25) is 0 Å². The van der Waals surface area contributed by atoms with Gasteiger partial charge >= 0.3 is 0 Å². The van der Waals surface area contributed by atoms with Crippen LogP contribution < -0.4 is 4.74 Å². The van der Waals surface area contributed by atoms with Crippen molar-refractivity contribution < 1.29 is 4.74 Å². The zero-order chi connectivity index (χ0) is 13.5. The predicted octanol–water partition coefficient (Wildman–Crippen LogP) is 3.73. The lowest BCUT2D eigenvalue weighted by Gasteiger charge is -2.03. The van der Waals surface area contributed by atoms with E-state index in [1.165, 1.54) is 5.56 Å². The molecule has 0 aliphatic carbocycles. The molecule has 0 spiro atoms. The van der Waals surface area contributed by atoms with Crippen LogP contribution in [-0.4, -0.2) is 17.8 Å². The Morgan fingerprint density at radius 2 is 2.00 bits per heavy atom. The molecule has 98 valence electrons. The molecule has 0 amide bonds. The highest BCUT2D eigenvalue weighted by Crippen LogP contribution is 2.14. The summed E-state index contributed by atoms with van der Waals surface area (Å²) in [5, 5.41) is 0. The fraction of sp³-hybridized carbons (Fsp3) is 0.250. The van der Waals surface area contributed by atoms with Crippen molar-refractivity contribution in [2.24, 2.45) is 4.99 Å². The first kappa shape index (κ1) is 13.3. The molecular formula is C16H18N2O. The minimum atomic E-state index is 0.694. The van der Waals surface area contributed by atoms with Crippen LogP contribution in [0.25, 0.3) is 0 Å². The summed E-state index contributed by atoms with van der Waals surface area (Å²) in [5.74, 6) is 1.69. The summed E-state index contributed by atoms with van der Waals surface area (Å²) >= 11 is 0. The number of aliphatic imine (C=N–C) groups is 1. The zero-order valence-electron chi connectivity index (χ0n) is 11.3. The van der Waals surface area contributed by atoms with Crippen molar-refractivity contribution in [3.8, 4) is 5.75 Å². The van der Waals surface area contributed by atoms with Crippen molar-refractivity contribution in [1.82, 2.24) is 4.98 Å². The van der Waals surface area contributed by atoms with Crippen LogP contribution in [0, 0.1) is 6.92 Å². The fourth-order valence-corrected chi connectivity index (χ4v) is 1.74. The van der Waals surface area contributed by atoms with Gasteiger partial charge in [-0.1, -0.05) is 18.2 Å². The van der Waals surface area contributed by atoms with Gasteiger partial charge in [0.1, 0.15) is 5.75 Å². The van der Waals surface area contributed by atoms with Crippen LogP contribution in [-0.2, 0) is 6.42 Å². The maximum absolute atomic E-state index is 5.41. The van der Waals surface area contributed by atoms with Crippen LogP contribution in [0.1, 0.15) is 18.1 Å². The van der Waals surface area contributed by atoms with E-state index in [9.17, 15) is 0 Å². The fourth-order valence-electron chi connectivity index (χ4n) is 1.74. The summed E-state index contributed by atoms with van der Waals surface area (Å²) in [6.07, 6.45) is 4.45. The summed E-state index contributed by atoms with van der Waals surface area (Å²) in [4.78, 5) is 8.62. The molecule has 2 rings (SSSR count). The van der Waals surface area contributed by atoms with Crippen molar-refractivity contribution in [3.63, 3.8) is 0 Å². The summed E-state index contributed by atoms with van der Waals surface area (Å²) in [6, 6.07) is 12.0. The summed E-state index contributed by atoms with van der Waals surface area (Å²) in [6.45, 7) is 4.69. The van der Waals surface area contributed by atoms with E-state index in [0.717, 1.165) is 23.6 Å². The number of rotatable bonds is 5. The van der Waals surface area contributed by atoms with Crippen molar-refractivity contribution in [2.75, 3.05) is 6.61 Å². The lowest BCUT2D eigenvalue weighted by molar-refractivity contribution is 0.340. The lowest BCUT2D eigenvalue weighted by Crippen LogP contribution is -1.92. The van der Waals surface area contributed by atoms with Gasteiger partial charge in [-0.05, 0) is 43.2 Å². The van der Waals surface area contributed by atoms with Crippen LogP contribution in [0.3, 0.4) is 0 Å². The molecule has 0 atom stereocenters. The summed E-state index contributed by atoms with van der Waals surface area (Å²) in [7, 11) is 0. The lowest BCUT2D eigenvalue weighted by atomic mass is 10.1. The van der Waals surface area contributed by atoms with Gasteiger partial charge in [-0.15, -0.1) is 0 Å². The average molecular weight is 254 g/mol. The van der Waals surface area contributed by atoms with Crippen molar-refractivity contribution in [3.05, 3.63) is 53.7 Å². The van der Waals surface area contributed by atoms with Gasteiger partial charge in [0, 0.05) is 18.8 Å². The maximum Gasteiger partial charge on any atom is 0.154 e. The van der Waals surface area contributed by atoms with Gasteiger partial charge in [0.15, 0.2) is 5.82 Å². The molecule has 2 aromatic rings. The van der Waals surface area contributed by atoms with Crippen molar-refractivity contribution in [1.29, 1.82) is 0 Å². The first-order valence-electron chi connectivity index (χ1n) is 6.45. The second kappa shape index (κ2) is 6.69. The number of aryl methyl sites for hydroxylation is 1. The Balaban J connectivity index is 1.97. The highest BCUT2D eigenvalue weighted by atomic mass is 16.5. The van der Waals surface area contributed by atoms with Crippen molar-refractivity contribution in [2.45, 2.75) is 20.3 Å². The Hall–Kier alpha value is -2.16. The van der Waals surface area contributed by atoms with E-state index < -0.39 is 0 Å². The molecule has 1 heterocycles. The monoisotopic (exact) mass is 254 g/mol. The van der Waals surface area contributed by atoms with Gasteiger partial charge < -0.3 is 4.74 Å². The third-order valence-electron chi connectivity index (χ3n) is 2.76. The largest absolute Gasteiger partial charge is 0.494 e. The molecule has 0 N–H and O–H groups in total. The number of pyridine rings is 1. The van der Waals surface area contributed by atoms with Gasteiger partial charge in [0.2, 0.25) is 0 Å². The van der Waals surface area contributed by atoms with Crippen LogP contribution in [0.5, 0.6) is 5.75 Å². The molecule has 0 saturated heterocycles. The molecule has 1 aromatic heterocycles. The summed E-state index contributed by atoms with van der Waals surface area (Å²) in [5.41, 5.74) is 2.30. The number of ether oxygens (including phenoxy) is 1. The SMILES string of the molecule is CCOc1ccc(CC=Nc2ncccc2C)cc1. The Morgan fingerprint density at radius 1 is 1.21 bits per heavy atom. The molecule has 0 fully saturated rings. The Morgan fingerprint density at radius 3 is 2.68 bits per heavy atom. The number of hydrogen-bond acceptors (Lipinski definition) is 3. The van der Waals surface area contributed by atoms with E-state index in [2.05, 4.69) is 22.1 Å². The second-order valence-corrected chi connectivity index (χ2v) is 4.24. The first-order chi connectivity index (χ1) is 9.29. The minimum absolute atomic E-state index is 0.694. The van der Waals surface area contributed by atoms with E-state index in [-0.39, 0.29) is 0 Å². The van der Waals surface area contributed by atoms with Gasteiger partial charge in [0.05, 0.1) is 6.61 Å². The molecule has 3 heteroatoms. The highest BCUT2D eigenvalue weighted by molar-refractivity contribution is 5.66. The van der Waals surface area contributed by atoms with E-state index in [4.69, 9.17) is 4.74 Å². The topological polar surface area (TPSA) is 34.5 Å². The maximum atomic E-state index is 5.41. The zero-order valence-corrected chi connectivity index (χ0v) is 11.3. The van der Waals surface area contributed by atoms with Gasteiger partial charge in [-0.25, -0.2) is 9.98 Å². The molecule has 3 nitrogen and oxygen atoms in total. The average Bonchev–Trinajstić information content (AvgIpc) is 2.43. The smallest absolute Gasteiger partial charge is 0.154 e. The van der Waals surface area contributed by atoms with E-state index >= 15 is 0 Å². The van der Waals surface area contributed by atoms with Crippen LogP contribution >= 0.6 is 0 Å². The molecule has 19 heavy (non-hydrogen) atoms. The standard InChI is InChI=1S/C16H18N2O/c1-3-19-15-8-6-14(7-9-15)10-12-18-16-13(2)5-4-11-17-16/h4-9,11-12H,3,10H2,1-2H3. The molecule has 0 saturated carbocycles.